The molecule has 1 saturated carbocycles. The largest absolute Gasteiger partial charge is 0.329 e. The van der Waals surface area contributed by atoms with Crippen LogP contribution in [-0.2, 0) is 0 Å². The van der Waals surface area contributed by atoms with E-state index in [1.54, 1.807) is 0 Å². The number of hydrogen-bond acceptors (Lipinski definition) is 3. The van der Waals surface area contributed by atoms with Gasteiger partial charge in [0.1, 0.15) is 0 Å². The quantitative estimate of drug-likeness (QED) is 0.810. The monoisotopic (exact) mass is 239 g/mol. The third-order valence-electron chi connectivity index (χ3n) is 4.87. The van der Waals surface area contributed by atoms with Crippen molar-refractivity contribution in [3.63, 3.8) is 0 Å². The van der Waals surface area contributed by atoms with E-state index in [1.807, 2.05) is 0 Å². The van der Waals surface area contributed by atoms with Crippen LogP contribution in [0.1, 0.15) is 45.4 Å². The molecule has 3 heteroatoms. The SMILES string of the molecule is CCN(C1CCCCC1)C1(CN)CCN(C)C1. The van der Waals surface area contributed by atoms with E-state index in [0.29, 0.717) is 0 Å². The second-order valence-electron chi connectivity index (χ2n) is 5.99. The molecule has 1 heterocycles. The molecule has 1 unspecified atom stereocenters. The van der Waals surface area contributed by atoms with Crippen LogP contribution < -0.4 is 5.73 Å². The van der Waals surface area contributed by atoms with Crippen molar-refractivity contribution in [2.45, 2.75) is 57.0 Å². The van der Waals surface area contributed by atoms with E-state index in [0.717, 1.165) is 25.7 Å². The Morgan fingerprint density at radius 1 is 1.29 bits per heavy atom. The van der Waals surface area contributed by atoms with Gasteiger partial charge in [-0.05, 0) is 39.4 Å². The van der Waals surface area contributed by atoms with E-state index >= 15 is 0 Å². The summed E-state index contributed by atoms with van der Waals surface area (Å²) in [4.78, 5) is 5.19. The van der Waals surface area contributed by atoms with Gasteiger partial charge in [-0.2, -0.15) is 0 Å². The fourth-order valence-electron chi connectivity index (χ4n) is 3.95. The highest BCUT2D eigenvalue weighted by Crippen LogP contribution is 2.33. The summed E-state index contributed by atoms with van der Waals surface area (Å²) in [6.07, 6.45) is 8.29. The Hall–Kier alpha value is -0.120. The summed E-state index contributed by atoms with van der Waals surface area (Å²) in [6.45, 7) is 6.66. The maximum absolute atomic E-state index is 6.15. The predicted octanol–water partition coefficient (Wildman–Crippen LogP) is 1.67. The van der Waals surface area contributed by atoms with E-state index in [4.69, 9.17) is 5.73 Å². The number of hydrogen-bond donors (Lipinski definition) is 1. The Labute approximate surface area is 106 Å². The topological polar surface area (TPSA) is 32.5 Å². The van der Waals surface area contributed by atoms with Crippen LogP contribution in [-0.4, -0.2) is 54.6 Å². The Morgan fingerprint density at radius 3 is 2.47 bits per heavy atom. The summed E-state index contributed by atoms with van der Waals surface area (Å²) >= 11 is 0. The Balaban J connectivity index is 2.09. The third kappa shape index (κ3) is 2.67. The molecular weight excluding hydrogens is 210 g/mol. The first-order valence-corrected chi connectivity index (χ1v) is 7.37. The third-order valence-corrected chi connectivity index (χ3v) is 4.87. The average molecular weight is 239 g/mol. The zero-order valence-corrected chi connectivity index (χ0v) is 11.6. The van der Waals surface area contributed by atoms with Gasteiger partial charge in [0.15, 0.2) is 0 Å². The van der Waals surface area contributed by atoms with Crippen molar-refractivity contribution in [1.82, 2.24) is 9.80 Å². The zero-order valence-electron chi connectivity index (χ0n) is 11.6. The molecule has 0 radical (unpaired) electrons. The molecule has 1 aliphatic heterocycles. The lowest BCUT2D eigenvalue weighted by molar-refractivity contribution is 0.0421. The molecule has 2 aliphatic rings. The molecule has 0 aromatic carbocycles. The lowest BCUT2D eigenvalue weighted by atomic mass is 9.87. The van der Waals surface area contributed by atoms with E-state index in [1.165, 1.54) is 45.1 Å². The van der Waals surface area contributed by atoms with Crippen molar-refractivity contribution in [3.8, 4) is 0 Å². The minimum Gasteiger partial charge on any atom is -0.329 e. The standard InChI is InChI=1S/C14H29N3/c1-3-17(13-7-5-4-6-8-13)14(11-15)9-10-16(2)12-14/h13H,3-12,15H2,1-2H3. The van der Waals surface area contributed by atoms with Gasteiger partial charge >= 0.3 is 0 Å². The van der Waals surface area contributed by atoms with E-state index in [-0.39, 0.29) is 5.54 Å². The maximum Gasteiger partial charge on any atom is 0.0473 e. The average Bonchev–Trinajstić information content (AvgIpc) is 2.74. The lowest BCUT2D eigenvalue weighted by Gasteiger charge is -2.46. The van der Waals surface area contributed by atoms with Crippen LogP contribution >= 0.6 is 0 Å². The van der Waals surface area contributed by atoms with Gasteiger partial charge in [0.2, 0.25) is 0 Å². The van der Waals surface area contributed by atoms with Gasteiger partial charge in [0.25, 0.3) is 0 Å². The molecule has 3 nitrogen and oxygen atoms in total. The highest BCUT2D eigenvalue weighted by atomic mass is 15.3. The van der Waals surface area contributed by atoms with Gasteiger partial charge in [0.05, 0.1) is 0 Å². The van der Waals surface area contributed by atoms with Gasteiger partial charge in [-0.3, -0.25) is 4.90 Å². The summed E-state index contributed by atoms with van der Waals surface area (Å²) < 4.78 is 0. The van der Waals surface area contributed by atoms with Crippen LogP contribution in [0.5, 0.6) is 0 Å². The summed E-state index contributed by atoms with van der Waals surface area (Å²) in [5.74, 6) is 0. The molecule has 1 atom stereocenters. The number of likely N-dealkylation sites (tertiary alicyclic amines) is 1. The number of nitrogens with two attached hydrogens (primary N) is 1. The van der Waals surface area contributed by atoms with Gasteiger partial charge in [-0.15, -0.1) is 0 Å². The van der Waals surface area contributed by atoms with Crippen molar-refractivity contribution in [2.75, 3.05) is 33.2 Å². The van der Waals surface area contributed by atoms with Crippen molar-refractivity contribution < 1.29 is 0 Å². The second-order valence-corrected chi connectivity index (χ2v) is 5.99. The summed E-state index contributed by atoms with van der Waals surface area (Å²) in [7, 11) is 2.23. The molecule has 2 rings (SSSR count). The molecule has 1 aliphatic carbocycles. The maximum atomic E-state index is 6.15. The Morgan fingerprint density at radius 2 is 2.00 bits per heavy atom. The van der Waals surface area contributed by atoms with Crippen LogP contribution in [0.25, 0.3) is 0 Å². The summed E-state index contributed by atoms with van der Waals surface area (Å²) in [5.41, 5.74) is 6.42. The van der Waals surface area contributed by atoms with Crippen molar-refractivity contribution in [3.05, 3.63) is 0 Å². The Kier molecular flexibility index (Phi) is 4.45. The Bertz CT molecular complexity index is 238. The molecule has 100 valence electrons. The molecule has 0 spiro atoms. The lowest BCUT2D eigenvalue weighted by Crippen LogP contribution is -2.59. The van der Waals surface area contributed by atoms with Gasteiger partial charge in [-0.25, -0.2) is 0 Å². The predicted molar refractivity (Wildman–Crippen MR) is 73.2 cm³/mol. The number of nitrogens with zero attached hydrogens (tertiary/aromatic N) is 2. The number of likely N-dealkylation sites (N-methyl/N-ethyl adjacent to an activating group) is 2. The highest BCUT2D eigenvalue weighted by molar-refractivity contribution is 5.01. The van der Waals surface area contributed by atoms with Crippen molar-refractivity contribution in [2.24, 2.45) is 5.73 Å². The molecule has 0 amide bonds. The summed E-state index contributed by atoms with van der Waals surface area (Å²) in [6, 6.07) is 0.795. The fourth-order valence-corrected chi connectivity index (χ4v) is 3.95. The number of rotatable bonds is 4. The first-order valence-electron chi connectivity index (χ1n) is 7.37. The molecular formula is C14H29N3. The molecule has 2 N–H and O–H groups in total. The van der Waals surface area contributed by atoms with Crippen LogP contribution in [0.3, 0.4) is 0 Å². The minimum absolute atomic E-state index is 0.269. The van der Waals surface area contributed by atoms with E-state index in [9.17, 15) is 0 Å². The smallest absolute Gasteiger partial charge is 0.0473 e. The van der Waals surface area contributed by atoms with Crippen molar-refractivity contribution >= 4 is 0 Å². The second kappa shape index (κ2) is 5.68. The van der Waals surface area contributed by atoms with E-state index < -0.39 is 0 Å². The van der Waals surface area contributed by atoms with Gasteiger partial charge < -0.3 is 10.6 Å². The van der Waals surface area contributed by atoms with Crippen LogP contribution in [0.2, 0.25) is 0 Å². The molecule has 0 bridgehead atoms. The van der Waals surface area contributed by atoms with Crippen molar-refractivity contribution in [1.29, 1.82) is 0 Å². The molecule has 1 saturated heterocycles. The first-order chi connectivity index (χ1) is 8.22. The molecule has 17 heavy (non-hydrogen) atoms. The van der Waals surface area contributed by atoms with Crippen LogP contribution in [0, 0.1) is 0 Å². The zero-order chi connectivity index (χ0) is 12.3. The first kappa shape index (κ1) is 13.3. The molecule has 0 aromatic heterocycles. The summed E-state index contributed by atoms with van der Waals surface area (Å²) in [5, 5.41) is 0. The molecule has 0 aromatic rings. The van der Waals surface area contributed by atoms with E-state index in [2.05, 4.69) is 23.8 Å². The normalized spacial score (nSPS) is 32.5. The van der Waals surface area contributed by atoms with Gasteiger partial charge in [0, 0.05) is 24.7 Å². The van der Waals surface area contributed by atoms with Crippen LogP contribution in [0.15, 0.2) is 0 Å². The highest BCUT2D eigenvalue weighted by Gasteiger charge is 2.42. The molecule has 2 fully saturated rings. The van der Waals surface area contributed by atoms with Crippen LogP contribution in [0.4, 0.5) is 0 Å². The van der Waals surface area contributed by atoms with Gasteiger partial charge in [-0.1, -0.05) is 26.2 Å². The minimum atomic E-state index is 0.269. The fraction of sp³-hybridized carbons (Fsp3) is 1.00.